The number of sulfonamides is 2. The van der Waals surface area contributed by atoms with E-state index in [-0.39, 0.29) is 10.6 Å². The maximum Gasteiger partial charge on any atom is 0.243 e. The highest BCUT2D eigenvalue weighted by molar-refractivity contribution is 7.92. The summed E-state index contributed by atoms with van der Waals surface area (Å²) in [5, 5.41) is 2.54. The minimum absolute atomic E-state index is 0.000349. The zero-order valence-electron chi connectivity index (χ0n) is 15.9. The van der Waals surface area contributed by atoms with Gasteiger partial charge in [0.05, 0.1) is 17.2 Å². The maximum atomic E-state index is 13.0. The van der Waals surface area contributed by atoms with Crippen LogP contribution in [0.1, 0.15) is 13.3 Å². The molecule has 0 fully saturated rings. The van der Waals surface area contributed by atoms with Gasteiger partial charge in [-0.2, -0.15) is 4.31 Å². The summed E-state index contributed by atoms with van der Waals surface area (Å²) in [6.07, 6.45) is 0.484. The van der Waals surface area contributed by atoms with Crippen molar-refractivity contribution in [1.29, 1.82) is 0 Å². The first-order chi connectivity index (χ1) is 13.5. The van der Waals surface area contributed by atoms with Crippen LogP contribution in [0.15, 0.2) is 53.4 Å². The molecule has 2 N–H and O–H groups in total. The highest BCUT2D eigenvalue weighted by Gasteiger charge is 2.23. The fourth-order valence-corrected chi connectivity index (χ4v) is 4.66. The lowest BCUT2D eigenvalue weighted by Gasteiger charge is -2.17. The van der Waals surface area contributed by atoms with Crippen molar-refractivity contribution < 1.29 is 26.0 Å². The molecule has 8 nitrogen and oxygen atoms in total. The van der Waals surface area contributed by atoms with Gasteiger partial charge in [0.2, 0.25) is 26.0 Å². The number of carbonyl (C=O) groups is 1. The van der Waals surface area contributed by atoms with Gasteiger partial charge in [0.1, 0.15) is 5.82 Å². The highest BCUT2D eigenvalue weighted by atomic mass is 32.2. The molecule has 0 aliphatic rings. The van der Waals surface area contributed by atoms with Crippen LogP contribution in [-0.2, 0) is 24.8 Å². The van der Waals surface area contributed by atoms with E-state index in [4.69, 9.17) is 0 Å². The van der Waals surface area contributed by atoms with Crippen LogP contribution in [0.3, 0.4) is 0 Å². The van der Waals surface area contributed by atoms with Crippen LogP contribution in [0.5, 0.6) is 0 Å². The average molecular weight is 444 g/mol. The number of likely N-dealkylation sites (N-methyl/N-ethyl adjacent to an activating group) is 1. The molecular weight excluding hydrogens is 421 g/mol. The van der Waals surface area contributed by atoms with E-state index in [9.17, 15) is 26.0 Å². The number of benzene rings is 2. The predicted molar refractivity (Wildman–Crippen MR) is 109 cm³/mol. The predicted octanol–water partition coefficient (Wildman–Crippen LogP) is 2.24. The Balaban J connectivity index is 1.99. The second kappa shape index (κ2) is 9.33. The molecule has 11 heteroatoms. The molecule has 0 unspecified atom stereocenters. The van der Waals surface area contributed by atoms with Crippen LogP contribution < -0.4 is 10.0 Å². The standard InChI is InChI=1S/C18H22FN3O5S2/c1-3-12-28(24,25)21-16-8-6-15(7-9-16)20-18(23)13-22(2)29(26,27)17-10-4-14(19)5-11-17/h4-11,21H,3,12-13H2,1-2H3,(H,20,23). The van der Waals surface area contributed by atoms with Crippen molar-refractivity contribution in [2.24, 2.45) is 0 Å². The average Bonchev–Trinajstić information content (AvgIpc) is 2.63. The molecule has 29 heavy (non-hydrogen) atoms. The zero-order valence-corrected chi connectivity index (χ0v) is 17.6. The molecule has 2 rings (SSSR count). The Bertz CT molecular complexity index is 1050. The van der Waals surface area contributed by atoms with Crippen molar-refractivity contribution in [3.63, 3.8) is 0 Å². The zero-order chi connectivity index (χ0) is 21.7. The molecule has 0 aromatic heterocycles. The number of hydrogen-bond acceptors (Lipinski definition) is 5. The van der Waals surface area contributed by atoms with E-state index < -0.39 is 38.3 Å². The fourth-order valence-electron chi connectivity index (χ4n) is 2.40. The molecule has 1 amide bonds. The number of rotatable bonds is 9. The summed E-state index contributed by atoms with van der Waals surface area (Å²) in [7, 11) is -6.12. The van der Waals surface area contributed by atoms with Crippen molar-refractivity contribution >= 4 is 37.3 Å². The third-order valence-corrected chi connectivity index (χ3v) is 7.11. The van der Waals surface area contributed by atoms with Gasteiger partial charge >= 0.3 is 0 Å². The molecule has 0 saturated heterocycles. The maximum absolute atomic E-state index is 13.0. The van der Waals surface area contributed by atoms with Gasteiger partial charge in [-0.3, -0.25) is 9.52 Å². The van der Waals surface area contributed by atoms with Crippen LogP contribution in [0, 0.1) is 5.82 Å². The molecule has 0 radical (unpaired) electrons. The Morgan fingerprint density at radius 2 is 1.52 bits per heavy atom. The van der Waals surface area contributed by atoms with Gasteiger partial charge in [0.15, 0.2) is 0 Å². The first-order valence-electron chi connectivity index (χ1n) is 8.66. The molecule has 0 aliphatic heterocycles. The minimum atomic E-state index is -3.95. The topological polar surface area (TPSA) is 113 Å². The molecule has 158 valence electrons. The molecule has 0 aliphatic carbocycles. The Kier molecular flexibility index (Phi) is 7.33. The smallest absolute Gasteiger partial charge is 0.243 e. The van der Waals surface area contributed by atoms with Gasteiger partial charge in [0, 0.05) is 18.4 Å². The lowest BCUT2D eigenvalue weighted by atomic mass is 10.3. The molecule has 0 atom stereocenters. The Hall–Kier alpha value is -2.50. The third kappa shape index (κ3) is 6.51. The van der Waals surface area contributed by atoms with Crippen molar-refractivity contribution in [1.82, 2.24) is 4.31 Å². The normalized spacial score (nSPS) is 12.0. The van der Waals surface area contributed by atoms with E-state index in [1.807, 2.05) is 0 Å². The monoisotopic (exact) mass is 443 g/mol. The van der Waals surface area contributed by atoms with Gasteiger partial charge in [0.25, 0.3) is 0 Å². The molecule has 0 saturated carbocycles. The molecule has 0 heterocycles. The van der Waals surface area contributed by atoms with E-state index in [2.05, 4.69) is 10.0 Å². The first kappa shape index (κ1) is 22.8. The number of hydrogen-bond donors (Lipinski definition) is 2. The Labute approximate surface area is 169 Å². The van der Waals surface area contributed by atoms with Gasteiger partial charge < -0.3 is 5.32 Å². The Morgan fingerprint density at radius 1 is 0.966 bits per heavy atom. The number of halogens is 1. The highest BCUT2D eigenvalue weighted by Crippen LogP contribution is 2.17. The lowest BCUT2D eigenvalue weighted by molar-refractivity contribution is -0.116. The van der Waals surface area contributed by atoms with Crippen molar-refractivity contribution in [2.75, 3.05) is 29.4 Å². The molecule has 2 aromatic rings. The first-order valence-corrected chi connectivity index (χ1v) is 11.7. The number of anilines is 2. The molecule has 0 spiro atoms. The summed E-state index contributed by atoms with van der Waals surface area (Å²) in [6, 6.07) is 10.3. The second-order valence-corrected chi connectivity index (χ2v) is 10.1. The molecule has 2 aromatic carbocycles. The van der Waals surface area contributed by atoms with Crippen LogP contribution >= 0.6 is 0 Å². The van der Waals surface area contributed by atoms with Crippen LogP contribution in [0.4, 0.5) is 15.8 Å². The van der Waals surface area contributed by atoms with Crippen LogP contribution in [-0.4, -0.2) is 46.4 Å². The SMILES string of the molecule is CCCS(=O)(=O)Nc1ccc(NC(=O)CN(C)S(=O)(=O)c2ccc(F)cc2)cc1. The second-order valence-electron chi connectivity index (χ2n) is 6.26. The minimum Gasteiger partial charge on any atom is -0.325 e. The Morgan fingerprint density at radius 3 is 2.07 bits per heavy atom. The molecule has 0 bridgehead atoms. The lowest BCUT2D eigenvalue weighted by Crippen LogP contribution is -2.34. The van der Waals surface area contributed by atoms with E-state index in [0.29, 0.717) is 17.8 Å². The van der Waals surface area contributed by atoms with Crippen LogP contribution in [0.2, 0.25) is 0 Å². The summed E-state index contributed by atoms with van der Waals surface area (Å²) in [5.41, 5.74) is 0.730. The van der Waals surface area contributed by atoms with Gasteiger partial charge in [-0.05, 0) is 55.0 Å². The number of carbonyl (C=O) groups excluding carboxylic acids is 1. The van der Waals surface area contributed by atoms with Crippen molar-refractivity contribution in [2.45, 2.75) is 18.2 Å². The third-order valence-electron chi connectivity index (χ3n) is 3.80. The quantitative estimate of drug-likeness (QED) is 0.617. The van der Waals surface area contributed by atoms with Gasteiger partial charge in [-0.25, -0.2) is 21.2 Å². The van der Waals surface area contributed by atoms with E-state index in [1.165, 1.54) is 31.3 Å². The summed E-state index contributed by atoms with van der Waals surface area (Å²) in [6.45, 7) is 1.30. The summed E-state index contributed by atoms with van der Waals surface area (Å²) in [4.78, 5) is 12.0. The fraction of sp³-hybridized carbons (Fsp3) is 0.278. The molecular formula is C18H22FN3O5S2. The largest absolute Gasteiger partial charge is 0.325 e. The van der Waals surface area contributed by atoms with E-state index in [1.54, 1.807) is 6.92 Å². The summed E-state index contributed by atoms with van der Waals surface area (Å²) >= 11 is 0. The van der Waals surface area contributed by atoms with Crippen molar-refractivity contribution in [3.05, 3.63) is 54.3 Å². The summed E-state index contributed by atoms with van der Waals surface area (Å²) < 4.78 is 64.6. The van der Waals surface area contributed by atoms with Crippen LogP contribution in [0.25, 0.3) is 0 Å². The number of amides is 1. The van der Waals surface area contributed by atoms with E-state index >= 15 is 0 Å². The number of nitrogens with zero attached hydrogens (tertiary/aromatic N) is 1. The van der Waals surface area contributed by atoms with Gasteiger partial charge in [-0.1, -0.05) is 6.92 Å². The van der Waals surface area contributed by atoms with E-state index in [0.717, 1.165) is 28.6 Å². The van der Waals surface area contributed by atoms with Gasteiger partial charge in [-0.15, -0.1) is 0 Å². The van der Waals surface area contributed by atoms with Crippen molar-refractivity contribution in [3.8, 4) is 0 Å². The summed E-state index contributed by atoms with van der Waals surface area (Å²) in [5.74, 6) is -1.15. The number of nitrogens with one attached hydrogen (secondary N) is 2.